The van der Waals surface area contributed by atoms with Gasteiger partial charge in [-0.05, 0) is 43.5 Å². The molecular formula is C16H18N4O3. The number of amides is 1. The summed E-state index contributed by atoms with van der Waals surface area (Å²) in [4.78, 5) is 34.1. The SMILES string of the molecule is Cc1cc(C(=O)N[C@H]2CCCO[C@@H]2c2ccncc2)nc(=O)[nH]1. The Morgan fingerprint density at radius 2 is 2.17 bits per heavy atom. The number of H-pyrrole nitrogens is 1. The Kier molecular flexibility index (Phi) is 4.47. The van der Waals surface area contributed by atoms with Crippen LogP contribution < -0.4 is 11.0 Å². The van der Waals surface area contributed by atoms with Crippen LogP contribution in [0.1, 0.15) is 40.7 Å². The third-order valence-electron chi connectivity index (χ3n) is 3.79. The number of hydrogen-bond acceptors (Lipinski definition) is 5. The molecule has 0 spiro atoms. The van der Waals surface area contributed by atoms with Crippen molar-refractivity contribution >= 4 is 5.91 Å². The van der Waals surface area contributed by atoms with Gasteiger partial charge in [-0.3, -0.25) is 9.78 Å². The van der Waals surface area contributed by atoms with Crippen molar-refractivity contribution in [3.8, 4) is 0 Å². The molecule has 0 aliphatic carbocycles. The lowest BCUT2D eigenvalue weighted by atomic mass is 9.96. The van der Waals surface area contributed by atoms with Crippen molar-refractivity contribution in [3.05, 3.63) is 58.0 Å². The summed E-state index contributed by atoms with van der Waals surface area (Å²) in [5.41, 5.74) is 1.16. The van der Waals surface area contributed by atoms with Crippen molar-refractivity contribution in [2.24, 2.45) is 0 Å². The number of carbonyl (C=O) groups is 1. The Labute approximate surface area is 133 Å². The van der Waals surface area contributed by atoms with Gasteiger partial charge in [-0.15, -0.1) is 0 Å². The van der Waals surface area contributed by atoms with E-state index >= 15 is 0 Å². The van der Waals surface area contributed by atoms with Crippen LogP contribution in [0.15, 0.2) is 35.4 Å². The van der Waals surface area contributed by atoms with Crippen molar-refractivity contribution in [3.63, 3.8) is 0 Å². The summed E-state index contributed by atoms with van der Waals surface area (Å²) in [7, 11) is 0. The fourth-order valence-electron chi connectivity index (χ4n) is 2.75. The van der Waals surface area contributed by atoms with Crippen LogP contribution in [0.4, 0.5) is 0 Å². The minimum Gasteiger partial charge on any atom is -0.371 e. The van der Waals surface area contributed by atoms with Gasteiger partial charge >= 0.3 is 5.69 Å². The predicted octanol–water partition coefficient (Wildman–Crippen LogP) is 1.12. The average Bonchev–Trinajstić information content (AvgIpc) is 2.55. The van der Waals surface area contributed by atoms with Gasteiger partial charge in [-0.1, -0.05) is 0 Å². The van der Waals surface area contributed by atoms with Crippen molar-refractivity contribution in [2.45, 2.75) is 31.9 Å². The summed E-state index contributed by atoms with van der Waals surface area (Å²) in [6.45, 7) is 2.37. The average molecular weight is 314 g/mol. The number of pyridine rings is 1. The van der Waals surface area contributed by atoms with Gasteiger partial charge in [0.15, 0.2) is 0 Å². The summed E-state index contributed by atoms with van der Waals surface area (Å²) < 4.78 is 5.83. The lowest BCUT2D eigenvalue weighted by molar-refractivity contribution is -0.00956. The van der Waals surface area contributed by atoms with Crippen LogP contribution in [0, 0.1) is 6.92 Å². The Hall–Kier alpha value is -2.54. The Balaban J connectivity index is 1.79. The highest BCUT2D eigenvalue weighted by Crippen LogP contribution is 2.28. The fourth-order valence-corrected chi connectivity index (χ4v) is 2.75. The molecule has 1 amide bonds. The molecule has 1 aliphatic rings. The molecule has 23 heavy (non-hydrogen) atoms. The highest BCUT2D eigenvalue weighted by Gasteiger charge is 2.29. The van der Waals surface area contributed by atoms with Gasteiger partial charge in [-0.2, -0.15) is 4.98 Å². The number of aryl methyl sites for hydroxylation is 1. The van der Waals surface area contributed by atoms with Crippen molar-refractivity contribution in [1.82, 2.24) is 20.3 Å². The van der Waals surface area contributed by atoms with Gasteiger partial charge in [0, 0.05) is 24.7 Å². The molecule has 2 aromatic heterocycles. The van der Waals surface area contributed by atoms with Crippen LogP contribution in [-0.2, 0) is 4.74 Å². The molecule has 0 saturated carbocycles. The van der Waals surface area contributed by atoms with E-state index in [-0.39, 0.29) is 23.7 Å². The topological polar surface area (TPSA) is 97.0 Å². The number of hydrogen-bond donors (Lipinski definition) is 2. The Bertz CT molecular complexity index is 744. The molecule has 2 aromatic rings. The van der Waals surface area contributed by atoms with Gasteiger partial charge in [-0.25, -0.2) is 4.79 Å². The van der Waals surface area contributed by atoms with Crippen LogP contribution in [0.25, 0.3) is 0 Å². The molecule has 0 unspecified atom stereocenters. The van der Waals surface area contributed by atoms with E-state index in [9.17, 15) is 9.59 Å². The zero-order valence-corrected chi connectivity index (χ0v) is 12.8. The summed E-state index contributed by atoms with van der Waals surface area (Å²) in [6, 6.07) is 5.15. The van der Waals surface area contributed by atoms with Gasteiger partial charge in [0.2, 0.25) is 0 Å². The van der Waals surface area contributed by atoms with E-state index in [0.717, 1.165) is 18.4 Å². The first-order chi connectivity index (χ1) is 11.1. The fraction of sp³-hybridized carbons (Fsp3) is 0.375. The first-order valence-electron chi connectivity index (χ1n) is 7.54. The zero-order chi connectivity index (χ0) is 16.2. The lowest BCUT2D eigenvalue weighted by Gasteiger charge is -2.32. The van der Waals surface area contributed by atoms with Crippen molar-refractivity contribution in [2.75, 3.05) is 6.61 Å². The smallest absolute Gasteiger partial charge is 0.345 e. The summed E-state index contributed by atoms with van der Waals surface area (Å²) >= 11 is 0. The first-order valence-corrected chi connectivity index (χ1v) is 7.54. The number of aromatic amines is 1. The third-order valence-corrected chi connectivity index (χ3v) is 3.79. The largest absolute Gasteiger partial charge is 0.371 e. The minimum absolute atomic E-state index is 0.116. The third kappa shape index (κ3) is 3.62. The normalized spacial score (nSPS) is 20.9. The molecule has 7 nitrogen and oxygen atoms in total. The molecule has 3 rings (SSSR count). The van der Waals surface area contributed by atoms with Crippen LogP contribution in [0.5, 0.6) is 0 Å². The maximum absolute atomic E-state index is 12.4. The van der Waals surface area contributed by atoms with Crippen LogP contribution in [0.3, 0.4) is 0 Å². The number of rotatable bonds is 3. The standard InChI is InChI=1S/C16H18N4O3/c1-10-9-13(20-16(22)18-10)15(21)19-12-3-2-8-23-14(12)11-4-6-17-7-5-11/h4-7,9,12,14H,2-3,8H2,1H3,(H,19,21)(H,18,20,22)/t12-,14+/m0/s1. The van der Waals surface area contributed by atoms with E-state index < -0.39 is 5.69 Å². The van der Waals surface area contributed by atoms with E-state index in [1.165, 1.54) is 0 Å². The number of aromatic nitrogens is 3. The molecule has 3 heterocycles. The molecule has 0 bridgehead atoms. The van der Waals surface area contributed by atoms with E-state index in [1.807, 2.05) is 12.1 Å². The molecule has 120 valence electrons. The molecule has 1 fully saturated rings. The number of nitrogens with zero attached hydrogens (tertiary/aromatic N) is 2. The monoisotopic (exact) mass is 314 g/mol. The molecule has 7 heteroatoms. The second-order valence-corrected chi connectivity index (χ2v) is 5.55. The summed E-state index contributed by atoms with van der Waals surface area (Å²) in [5.74, 6) is -0.367. The molecule has 2 atom stereocenters. The minimum atomic E-state index is -0.527. The second kappa shape index (κ2) is 6.70. The molecule has 0 radical (unpaired) electrons. The number of carbonyl (C=O) groups excluding carboxylic acids is 1. The highest BCUT2D eigenvalue weighted by atomic mass is 16.5. The highest BCUT2D eigenvalue weighted by molar-refractivity contribution is 5.92. The molecule has 1 saturated heterocycles. The van der Waals surface area contributed by atoms with E-state index in [0.29, 0.717) is 12.3 Å². The maximum atomic E-state index is 12.4. The number of ether oxygens (including phenoxy) is 1. The summed E-state index contributed by atoms with van der Waals surface area (Å²) in [6.07, 6.45) is 4.86. The Morgan fingerprint density at radius 1 is 1.39 bits per heavy atom. The molecule has 1 aliphatic heterocycles. The zero-order valence-electron chi connectivity index (χ0n) is 12.8. The number of nitrogens with one attached hydrogen (secondary N) is 2. The maximum Gasteiger partial charge on any atom is 0.345 e. The van der Waals surface area contributed by atoms with E-state index in [2.05, 4.69) is 20.3 Å². The van der Waals surface area contributed by atoms with Crippen LogP contribution >= 0.6 is 0 Å². The second-order valence-electron chi connectivity index (χ2n) is 5.55. The van der Waals surface area contributed by atoms with Gasteiger partial charge in [0.05, 0.1) is 6.04 Å². The van der Waals surface area contributed by atoms with Gasteiger partial charge in [0.1, 0.15) is 11.8 Å². The van der Waals surface area contributed by atoms with Crippen molar-refractivity contribution in [1.29, 1.82) is 0 Å². The quantitative estimate of drug-likeness (QED) is 0.885. The van der Waals surface area contributed by atoms with Crippen molar-refractivity contribution < 1.29 is 9.53 Å². The van der Waals surface area contributed by atoms with Crippen LogP contribution in [-0.4, -0.2) is 33.5 Å². The molecule has 2 N–H and O–H groups in total. The summed E-state index contributed by atoms with van der Waals surface area (Å²) in [5, 5.41) is 2.94. The van der Waals surface area contributed by atoms with E-state index in [4.69, 9.17) is 4.74 Å². The molecular weight excluding hydrogens is 296 g/mol. The van der Waals surface area contributed by atoms with Gasteiger partial charge < -0.3 is 15.0 Å². The van der Waals surface area contributed by atoms with Gasteiger partial charge in [0.25, 0.3) is 5.91 Å². The van der Waals surface area contributed by atoms with Crippen LogP contribution in [0.2, 0.25) is 0 Å². The predicted molar refractivity (Wildman–Crippen MR) is 83.0 cm³/mol. The van der Waals surface area contributed by atoms with E-state index in [1.54, 1.807) is 25.4 Å². The first kappa shape index (κ1) is 15.4. The molecule has 0 aromatic carbocycles. The Morgan fingerprint density at radius 3 is 2.91 bits per heavy atom. The lowest BCUT2D eigenvalue weighted by Crippen LogP contribution is -2.43.